The first-order chi connectivity index (χ1) is 10.0. The molecule has 0 radical (unpaired) electrons. The van der Waals surface area contributed by atoms with E-state index in [1.807, 2.05) is 0 Å². The second-order valence-electron chi connectivity index (χ2n) is 6.04. The van der Waals surface area contributed by atoms with Crippen molar-refractivity contribution in [2.45, 2.75) is 57.2 Å². The molecule has 1 unspecified atom stereocenters. The fourth-order valence-corrected chi connectivity index (χ4v) is 3.30. The van der Waals surface area contributed by atoms with Gasteiger partial charge in [-0.2, -0.15) is 5.10 Å². The Balaban J connectivity index is 1.88. The fourth-order valence-electron chi connectivity index (χ4n) is 3.30. The van der Waals surface area contributed by atoms with E-state index in [0.717, 1.165) is 32.1 Å². The number of hydrogen-bond donors (Lipinski definition) is 1. The number of hydrogen-bond acceptors (Lipinski definition) is 4. The van der Waals surface area contributed by atoms with E-state index in [4.69, 9.17) is 0 Å². The molecule has 1 aliphatic carbocycles. The molecule has 1 N–H and O–H groups in total. The van der Waals surface area contributed by atoms with Gasteiger partial charge in [0.1, 0.15) is 23.7 Å². The first kappa shape index (κ1) is 14.0. The molecule has 2 fully saturated rings. The normalized spacial score (nSPS) is 25.2. The zero-order valence-corrected chi connectivity index (χ0v) is 12.5. The van der Waals surface area contributed by atoms with Crippen molar-refractivity contribution >= 4 is 11.8 Å². The van der Waals surface area contributed by atoms with Crippen molar-refractivity contribution < 1.29 is 9.59 Å². The van der Waals surface area contributed by atoms with Crippen molar-refractivity contribution in [3.8, 4) is 0 Å². The third kappa shape index (κ3) is 2.30. The second kappa shape index (κ2) is 5.13. The van der Waals surface area contributed by atoms with Crippen molar-refractivity contribution in [3.63, 3.8) is 0 Å². The summed E-state index contributed by atoms with van der Waals surface area (Å²) in [4.78, 5) is 31.0. The summed E-state index contributed by atoms with van der Waals surface area (Å²) in [5.74, 6) is 0.645. The molecule has 1 spiro atoms. The highest BCUT2D eigenvalue weighted by molar-refractivity contribution is 5.99. The summed E-state index contributed by atoms with van der Waals surface area (Å²) in [6, 6.07) is -0.471. The van der Waals surface area contributed by atoms with Crippen molar-refractivity contribution in [2.75, 3.05) is 0 Å². The van der Waals surface area contributed by atoms with Crippen LogP contribution in [0.3, 0.4) is 0 Å². The van der Waals surface area contributed by atoms with Crippen molar-refractivity contribution in [2.24, 2.45) is 7.05 Å². The number of carbonyl (C=O) groups excluding carboxylic acids is 2. The van der Waals surface area contributed by atoms with Crippen LogP contribution >= 0.6 is 0 Å². The molecule has 1 aromatic heterocycles. The van der Waals surface area contributed by atoms with E-state index in [1.54, 1.807) is 23.6 Å². The van der Waals surface area contributed by atoms with E-state index >= 15 is 0 Å². The number of carbonyl (C=O) groups is 2. The topological polar surface area (TPSA) is 80.1 Å². The number of nitrogens with one attached hydrogen (secondary N) is 1. The Morgan fingerprint density at radius 2 is 2.05 bits per heavy atom. The second-order valence-corrected chi connectivity index (χ2v) is 6.04. The number of rotatable bonds is 2. The largest absolute Gasteiger partial charge is 0.340 e. The van der Waals surface area contributed by atoms with Crippen molar-refractivity contribution in [1.29, 1.82) is 0 Å². The molecule has 1 saturated carbocycles. The lowest BCUT2D eigenvalue weighted by Gasteiger charge is -2.46. The van der Waals surface area contributed by atoms with Gasteiger partial charge in [-0.3, -0.25) is 14.3 Å². The third-order valence-corrected chi connectivity index (χ3v) is 4.70. The molecule has 7 nitrogen and oxygen atoms in total. The Hall–Kier alpha value is -1.92. The van der Waals surface area contributed by atoms with Crippen LogP contribution in [-0.4, -0.2) is 43.1 Å². The van der Waals surface area contributed by atoms with Gasteiger partial charge in [-0.15, -0.1) is 0 Å². The predicted octanol–water partition coefficient (Wildman–Crippen LogP) is 0.365. The minimum atomic E-state index is -0.694. The van der Waals surface area contributed by atoms with Gasteiger partial charge >= 0.3 is 0 Å². The summed E-state index contributed by atoms with van der Waals surface area (Å²) in [5.41, 5.74) is -0.694. The molecular weight excluding hydrogens is 270 g/mol. The van der Waals surface area contributed by atoms with Crippen LogP contribution in [0.1, 0.15) is 44.9 Å². The summed E-state index contributed by atoms with van der Waals surface area (Å²) in [7, 11) is 1.79. The molecule has 1 aliphatic heterocycles. The molecule has 0 aromatic carbocycles. The zero-order valence-electron chi connectivity index (χ0n) is 12.5. The maximum Gasteiger partial charge on any atom is 0.249 e. The zero-order chi connectivity index (χ0) is 15.0. The molecular formula is C14H21N5O2. The van der Waals surface area contributed by atoms with Crippen LogP contribution < -0.4 is 5.32 Å². The SMILES string of the molecule is CC1C(=O)NC2(CCCCC2)C(=O)N1Cc1ncnn1C. The standard InChI is InChI=1S/C14H21N5O2/c1-10-12(20)17-14(6-4-3-5-7-14)13(21)19(10)8-11-15-9-16-18(11)2/h9-10H,3-8H2,1-2H3,(H,17,20). The third-order valence-electron chi connectivity index (χ3n) is 4.70. The van der Waals surface area contributed by atoms with Crippen LogP contribution in [0.15, 0.2) is 6.33 Å². The average Bonchev–Trinajstić information content (AvgIpc) is 2.88. The summed E-state index contributed by atoms with van der Waals surface area (Å²) < 4.78 is 1.64. The monoisotopic (exact) mass is 291 g/mol. The smallest absolute Gasteiger partial charge is 0.249 e. The van der Waals surface area contributed by atoms with Crippen LogP contribution in [0.25, 0.3) is 0 Å². The van der Waals surface area contributed by atoms with Crippen molar-refractivity contribution in [1.82, 2.24) is 25.0 Å². The highest BCUT2D eigenvalue weighted by Gasteiger charge is 2.49. The van der Waals surface area contributed by atoms with Gasteiger partial charge in [0.05, 0.1) is 6.54 Å². The Morgan fingerprint density at radius 3 is 2.67 bits per heavy atom. The molecule has 1 aromatic rings. The Morgan fingerprint density at radius 1 is 1.33 bits per heavy atom. The fraction of sp³-hybridized carbons (Fsp3) is 0.714. The molecule has 114 valence electrons. The van der Waals surface area contributed by atoms with E-state index in [1.165, 1.54) is 6.33 Å². The van der Waals surface area contributed by atoms with Gasteiger partial charge in [-0.05, 0) is 19.8 Å². The van der Waals surface area contributed by atoms with Gasteiger partial charge in [0.25, 0.3) is 0 Å². The first-order valence-electron chi connectivity index (χ1n) is 7.49. The molecule has 2 heterocycles. The first-order valence-corrected chi connectivity index (χ1v) is 7.49. The van der Waals surface area contributed by atoms with Gasteiger partial charge in [0, 0.05) is 7.05 Å². The van der Waals surface area contributed by atoms with E-state index in [9.17, 15) is 9.59 Å². The molecule has 7 heteroatoms. The maximum absolute atomic E-state index is 12.9. The molecule has 2 aliphatic rings. The highest BCUT2D eigenvalue weighted by Crippen LogP contribution is 2.33. The summed E-state index contributed by atoms with van der Waals surface area (Å²) >= 11 is 0. The Labute approximate surface area is 123 Å². The molecule has 1 saturated heterocycles. The Bertz CT molecular complexity index is 561. The number of amides is 2. The van der Waals surface area contributed by atoms with Gasteiger partial charge < -0.3 is 10.2 Å². The van der Waals surface area contributed by atoms with Gasteiger partial charge in [0.2, 0.25) is 11.8 Å². The molecule has 0 bridgehead atoms. The number of nitrogens with zero attached hydrogens (tertiary/aromatic N) is 4. The number of piperazine rings is 1. The van der Waals surface area contributed by atoms with E-state index in [-0.39, 0.29) is 11.8 Å². The van der Waals surface area contributed by atoms with Crippen LogP contribution in [-0.2, 0) is 23.2 Å². The van der Waals surface area contributed by atoms with E-state index in [2.05, 4.69) is 15.4 Å². The number of aromatic nitrogens is 3. The average molecular weight is 291 g/mol. The lowest BCUT2D eigenvalue weighted by Crippen LogP contribution is -2.70. The van der Waals surface area contributed by atoms with Crippen LogP contribution in [0.2, 0.25) is 0 Å². The predicted molar refractivity (Wildman–Crippen MR) is 75.0 cm³/mol. The van der Waals surface area contributed by atoms with E-state index in [0.29, 0.717) is 12.4 Å². The quantitative estimate of drug-likeness (QED) is 0.853. The van der Waals surface area contributed by atoms with Crippen LogP contribution in [0.4, 0.5) is 0 Å². The molecule has 2 amide bonds. The molecule has 3 rings (SSSR count). The summed E-state index contributed by atoms with van der Waals surface area (Å²) in [6.07, 6.45) is 6.03. The lowest BCUT2D eigenvalue weighted by atomic mass is 9.78. The highest BCUT2D eigenvalue weighted by atomic mass is 16.2. The minimum absolute atomic E-state index is 0.0253. The molecule has 1 atom stereocenters. The van der Waals surface area contributed by atoms with Crippen LogP contribution in [0, 0.1) is 0 Å². The lowest BCUT2D eigenvalue weighted by molar-refractivity contribution is -0.156. The van der Waals surface area contributed by atoms with Crippen LogP contribution in [0.5, 0.6) is 0 Å². The summed E-state index contributed by atoms with van der Waals surface area (Å²) in [6.45, 7) is 2.09. The minimum Gasteiger partial charge on any atom is -0.340 e. The van der Waals surface area contributed by atoms with Gasteiger partial charge in [-0.1, -0.05) is 19.3 Å². The molecule has 21 heavy (non-hydrogen) atoms. The summed E-state index contributed by atoms with van der Waals surface area (Å²) in [5, 5.41) is 7.00. The van der Waals surface area contributed by atoms with Gasteiger partial charge in [0.15, 0.2) is 0 Å². The maximum atomic E-state index is 12.9. The van der Waals surface area contributed by atoms with Crippen molar-refractivity contribution in [3.05, 3.63) is 12.2 Å². The Kier molecular flexibility index (Phi) is 3.43. The van der Waals surface area contributed by atoms with Gasteiger partial charge in [-0.25, -0.2) is 4.98 Å². The number of aryl methyl sites for hydroxylation is 1. The van der Waals surface area contributed by atoms with E-state index < -0.39 is 11.6 Å².